The molecular weight excluding hydrogens is 385 g/mol. The van der Waals surface area contributed by atoms with Crippen LogP contribution in [0.4, 0.5) is 10.1 Å². The van der Waals surface area contributed by atoms with Crippen LogP contribution >= 0.6 is 0 Å². The second-order valence-corrected chi connectivity index (χ2v) is 6.66. The zero-order valence-corrected chi connectivity index (χ0v) is 16.5. The predicted octanol–water partition coefficient (Wildman–Crippen LogP) is 4.53. The van der Waals surface area contributed by atoms with Crippen molar-refractivity contribution in [3.05, 3.63) is 101 Å². The van der Waals surface area contributed by atoms with Gasteiger partial charge in [-0.3, -0.25) is 9.59 Å². The van der Waals surface area contributed by atoms with E-state index in [1.165, 1.54) is 36.1 Å². The van der Waals surface area contributed by atoms with Crippen LogP contribution < -0.4 is 4.90 Å². The van der Waals surface area contributed by atoms with E-state index in [1.807, 2.05) is 18.2 Å². The molecule has 3 aromatic carbocycles. The van der Waals surface area contributed by atoms with Crippen LogP contribution in [0.5, 0.6) is 0 Å². The van der Waals surface area contributed by atoms with Crippen molar-refractivity contribution in [2.75, 3.05) is 11.9 Å². The summed E-state index contributed by atoms with van der Waals surface area (Å²) in [6.07, 6.45) is -1.10. The highest BCUT2D eigenvalue weighted by Gasteiger charge is 2.25. The molecule has 1 atom stereocenters. The van der Waals surface area contributed by atoms with Gasteiger partial charge in [0.15, 0.2) is 6.10 Å². The van der Waals surface area contributed by atoms with Gasteiger partial charge in [0, 0.05) is 18.3 Å². The molecule has 152 valence electrons. The van der Waals surface area contributed by atoms with E-state index in [0.717, 1.165) is 12.1 Å². The van der Waals surface area contributed by atoms with E-state index < -0.39 is 23.7 Å². The third-order valence-electron chi connectivity index (χ3n) is 4.61. The summed E-state index contributed by atoms with van der Waals surface area (Å²) >= 11 is 0. The van der Waals surface area contributed by atoms with Gasteiger partial charge in [0.25, 0.3) is 5.91 Å². The van der Waals surface area contributed by atoms with Gasteiger partial charge in [-0.2, -0.15) is 0 Å². The molecule has 3 aromatic rings. The molecule has 0 saturated heterocycles. The van der Waals surface area contributed by atoms with E-state index in [1.54, 1.807) is 31.3 Å². The molecule has 3 rings (SSSR count). The number of carbonyl (C=O) groups is 3. The maximum absolute atomic E-state index is 13.1. The van der Waals surface area contributed by atoms with Crippen molar-refractivity contribution >= 4 is 23.3 Å². The fraction of sp³-hybridized carbons (Fsp3) is 0.125. The Labute approximate surface area is 173 Å². The van der Waals surface area contributed by atoms with Gasteiger partial charge in [0.1, 0.15) is 5.82 Å². The molecule has 0 spiro atoms. The van der Waals surface area contributed by atoms with Gasteiger partial charge in [-0.15, -0.1) is 0 Å². The molecule has 30 heavy (non-hydrogen) atoms. The maximum atomic E-state index is 13.1. The number of anilines is 1. The lowest BCUT2D eigenvalue weighted by molar-refractivity contribution is 0.0317. The quantitative estimate of drug-likeness (QED) is 0.446. The Morgan fingerprint density at radius 2 is 1.40 bits per heavy atom. The van der Waals surface area contributed by atoms with Crippen LogP contribution in [0, 0.1) is 5.82 Å². The molecule has 1 amide bonds. The molecule has 0 bridgehead atoms. The zero-order chi connectivity index (χ0) is 21.7. The van der Waals surface area contributed by atoms with Crippen molar-refractivity contribution in [2.24, 2.45) is 0 Å². The maximum Gasteiger partial charge on any atom is 0.339 e. The van der Waals surface area contributed by atoms with Crippen LogP contribution in [0.2, 0.25) is 0 Å². The number of benzene rings is 3. The van der Waals surface area contributed by atoms with Gasteiger partial charge in [-0.25, -0.2) is 9.18 Å². The highest BCUT2D eigenvalue weighted by atomic mass is 19.1. The van der Waals surface area contributed by atoms with Crippen LogP contribution in [0.25, 0.3) is 0 Å². The summed E-state index contributed by atoms with van der Waals surface area (Å²) in [4.78, 5) is 39.6. The van der Waals surface area contributed by atoms with Crippen molar-refractivity contribution in [3.8, 4) is 0 Å². The number of ketones is 1. The summed E-state index contributed by atoms with van der Waals surface area (Å²) in [6.45, 7) is 1.43. The molecular formula is C24H20FNO4. The molecule has 0 aromatic heterocycles. The minimum Gasteiger partial charge on any atom is -0.451 e. The molecule has 0 saturated carbocycles. The molecule has 0 aliphatic rings. The number of carbonyl (C=O) groups excluding carboxylic acids is 3. The molecule has 0 radical (unpaired) electrons. The van der Waals surface area contributed by atoms with Crippen molar-refractivity contribution in [1.29, 1.82) is 0 Å². The van der Waals surface area contributed by atoms with E-state index in [4.69, 9.17) is 4.74 Å². The van der Waals surface area contributed by atoms with E-state index >= 15 is 0 Å². The zero-order valence-electron chi connectivity index (χ0n) is 16.5. The van der Waals surface area contributed by atoms with Gasteiger partial charge in [-0.05, 0) is 55.5 Å². The lowest BCUT2D eigenvalue weighted by Crippen LogP contribution is -2.29. The van der Waals surface area contributed by atoms with E-state index in [2.05, 4.69) is 0 Å². The summed E-state index contributed by atoms with van der Waals surface area (Å²) in [5.41, 5.74) is 1.12. The number of halogens is 1. The highest BCUT2D eigenvalue weighted by molar-refractivity contribution is 6.12. The number of hydrogen-bond donors (Lipinski definition) is 0. The number of ether oxygens (including phenoxy) is 1. The Balaban J connectivity index is 1.79. The molecule has 0 unspecified atom stereocenters. The Hall–Kier alpha value is -3.80. The van der Waals surface area contributed by atoms with Crippen LogP contribution in [-0.4, -0.2) is 30.8 Å². The third kappa shape index (κ3) is 4.60. The number of hydrogen-bond acceptors (Lipinski definition) is 4. The van der Waals surface area contributed by atoms with Gasteiger partial charge < -0.3 is 9.64 Å². The Morgan fingerprint density at radius 1 is 0.833 bits per heavy atom. The minimum atomic E-state index is -1.10. The number of nitrogens with zero attached hydrogens (tertiary/aromatic N) is 1. The number of Topliss-reactive ketones (excluding diaryl/α,β-unsaturated/α-hetero) is 1. The van der Waals surface area contributed by atoms with Gasteiger partial charge in [0.2, 0.25) is 5.78 Å². The largest absolute Gasteiger partial charge is 0.451 e. The van der Waals surface area contributed by atoms with Gasteiger partial charge >= 0.3 is 5.97 Å². The molecule has 5 nitrogen and oxygen atoms in total. The molecule has 0 aliphatic heterocycles. The smallest absolute Gasteiger partial charge is 0.339 e. The first-order valence-corrected chi connectivity index (χ1v) is 9.31. The minimum absolute atomic E-state index is 0.0593. The lowest BCUT2D eigenvalue weighted by atomic mass is 10.1. The molecule has 0 fully saturated rings. The third-order valence-corrected chi connectivity index (χ3v) is 4.61. The van der Waals surface area contributed by atoms with E-state index in [9.17, 15) is 18.8 Å². The topological polar surface area (TPSA) is 63.7 Å². The van der Waals surface area contributed by atoms with Crippen molar-refractivity contribution in [3.63, 3.8) is 0 Å². The fourth-order valence-corrected chi connectivity index (χ4v) is 2.92. The molecule has 0 N–H and O–H groups in total. The normalized spacial score (nSPS) is 11.4. The predicted molar refractivity (Wildman–Crippen MR) is 111 cm³/mol. The average Bonchev–Trinajstić information content (AvgIpc) is 2.78. The molecule has 0 heterocycles. The summed E-state index contributed by atoms with van der Waals surface area (Å²) in [6, 6.07) is 20.3. The van der Waals surface area contributed by atoms with Crippen LogP contribution in [0.15, 0.2) is 78.9 Å². The standard InChI is InChI=1S/C24H20FNO4/c1-16(22(27)17-12-14-18(25)15-13-17)30-24(29)21-11-7-6-10-20(21)23(28)26(2)19-8-4-3-5-9-19/h3-16H,1-2H3/t16-/m1/s1. The summed E-state index contributed by atoms with van der Waals surface area (Å²) in [5.74, 6) is -2.10. The Kier molecular flexibility index (Phi) is 6.37. The Bertz CT molecular complexity index is 1060. The number of amides is 1. The van der Waals surface area contributed by atoms with E-state index in [0.29, 0.717) is 5.69 Å². The van der Waals surface area contributed by atoms with E-state index in [-0.39, 0.29) is 22.6 Å². The van der Waals surface area contributed by atoms with Gasteiger partial charge in [0.05, 0.1) is 11.1 Å². The average molecular weight is 405 g/mol. The highest BCUT2D eigenvalue weighted by Crippen LogP contribution is 2.19. The summed E-state index contributed by atoms with van der Waals surface area (Å²) < 4.78 is 18.4. The van der Waals surface area contributed by atoms with Crippen LogP contribution in [0.3, 0.4) is 0 Å². The molecule has 6 heteroatoms. The fourth-order valence-electron chi connectivity index (χ4n) is 2.92. The van der Waals surface area contributed by atoms with Crippen molar-refractivity contribution in [2.45, 2.75) is 13.0 Å². The van der Waals surface area contributed by atoms with Gasteiger partial charge in [-0.1, -0.05) is 30.3 Å². The lowest BCUT2D eigenvalue weighted by Gasteiger charge is -2.19. The van der Waals surface area contributed by atoms with Crippen LogP contribution in [-0.2, 0) is 4.74 Å². The summed E-state index contributed by atoms with van der Waals surface area (Å²) in [5, 5.41) is 0. The number of para-hydroxylation sites is 1. The van der Waals surface area contributed by atoms with Crippen LogP contribution in [0.1, 0.15) is 38.0 Å². The second kappa shape index (κ2) is 9.13. The van der Waals surface area contributed by atoms with Crippen molar-refractivity contribution in [1.82, 2.24) is 0 Å². The summed E-state index contributed by atoms with van der Waals surface area (Å²) in [7, 11) is 1.61. The first kappa shape index (κ1) is 20.9. The number of rotatable bonds is 6. The first-order valence-electron chi connectivity index (χ1n) is 9.31. The van der Waals surface area contributed by atoms with Crippen molar-refractivity contribution < 1.29 is 23.5 Å². The SMILES string of the molecule is C[C@@H](OC(=O)c1ccccc1C(=O)N(C)c1ccccc1)C(=O)c1ccc(F)cc1. The first-order chi connectivity index (χ1) is 14.4. The Morgan fingerprint density at radius 3 is 2.03 bits per heavy atom. The number of esters is 1. The molecule has 0 aliphatic carbocycles. The monoisotopic (exact) mass is 405 g/mol. The second-order valence-electron chi connectivity index (χ2n) is 6.66.